The zero-order chi connectivity index (χ0) is 11.4. The largest absolute Gasteiger partial charge is 0.486 e. The molecule has 0 radical (unpaired) electrons. The molecule has 3 nitrogen and oxygen atoms in total. The number of carbonyl (C=O) groups is 1. The van der Waals surface area contributed by atoms with Gasteiger partial charge >= 0.3 is 5.97 Å². The van der Waals surface area contributed by atoms with Gasteiger partial charge in [0.1, 0.15) is 11.9 Å². The van der Waals surface area contributed by atoms with Crippen LogP contribution in [0.3, 0.4) is 0 Å². The summed E-state index contributed by atoms with van der Waals surface area (Å²) in [6, 6.07) is 0. The van der Waals surface area contributed by atoms with E-state index in [0.717, 1.165) is 25.0 Å². The Morgan fingerprint density at radius 2 is 2.38 bits per heavy atom. The molecule has 0 bridgehead atoms. The number of ether oxygens (including phenoxy) is 2. The molecule has 0 saturated carbocycles. The van der Waals surface area contributed by atoms with E-state index in [4.69, 9.17) is 4.74 Å². The van der Waals surface area contributed by atoms with Crippen molar-refractivity contribution in [3.63, 3.8) is 0 Å². The molecule has 2 rings (SSSR count). The summed E-state index contributed by atoms with van der Waals surface area (Å²) in [6.07, 6.45) is 11.7. The molecule has 16 heavy (non-hydrogen) atoms. The fourth-order valence-corrected chi connectivity index (χ4v) is 1.92. The van der Waals surface area contributed by atoms with Gasteiger partial charge in [-0.25, -0.2) is 0 Å². The SMILES string of the molecule is COC(=O)CCCCC1C=C2C=CC=C2O1. The van der Waals surface area contributed by atoms with Gasteiger partial charge < -0.3 is 9.47 Å². The molecule has 1 atom stereocenters. The van der Waals surface area contributed by atoms with Crippen LogP contribution >= 0.6 is 0 Å². The Kier molecular flexibility index (Phi) is 3.44. The Balaban J connectivity index is 1.65. The van der Waals surface area contributed by atoms with E-state index in [1.54, 1.807) is 0 Å². The highest BCUT2D eigenvalue weighted by atomic mass is 16.5. The summed E-state index contributed by atoms with van der Waals surface area (Å²) in [7, 11) is 1.42. The molecule has 0 saturated heterocycles. The first kappa shape index (κ1) is 11.0. The molecule has 1 unspecified atom stereocenters. The van der Waals surface area contributed by atoms with Crippen molar-refractivity contribution < 1.29 is 14.3 Å². The van der Waals surface area contributed by atoms with Gasteiger partial charge in [-0.2, -0.15) is 0 Å². The Morgan fingerprint density at radius 1 is 1.50 bits per heavy atom. The van der Waals surface area contributed by atoms with Crippen molar-refractivity contribution in [1.29, 1.82) is 0 Å². The lowest BCUT2D eigenvalue weighted by molar-refractivity contribution is -0.140. The standard InChI is InChI=1S/C13H16O3/c1-15-13(14)8-3-2-6-11-9-10-5-4-7-12(10)16-11/h4-5,7,9,11H,2-3,6,8H2,1H3. The summed E-state index contributed by atoms with van der Waals surface area (Å²) in [4.78, 5) is 10.9. The molecule has 0 aromatic carbocycles. The van der Waals surface area contributed by atoms with Crippen LogP contribution in [0.2, 0.25) is 0 Å². The smallest absolute Gasteiger partial charge is 0.305 e. The van der Waals surface area contributed by atoms with Crippen molar-refractivity contribution in [3.8, 4) is 0 Å². The fraction of sp³-hybridized carbons (Fsp3) is 0.462. The predicted molar refractivity (Wildman–Crippen MR) is 60.7 cm³/mol. The molecule has 3 heteroatoms. The highest BCUT2D eigenvalue weighted by molar-refractivity contribution is 5.68. The lowest BCUT2D eigenvalue weighted by Crippen LogP contribution is -2.05. The monoisotopic (exact) mass is 220 g/mol. The van der Waals surface area contributed by atoms with Gasteiger partial charge in [-0.15, -0.1) is 0 Å². The number of allylic oxidation sites excluding steroid dienone is 3. The minimum atomic E-state index is -0.131. The first-order chi connectivity index (χ1) is 7.79. The molecule has 0 aromatic rings. The number of rotatable bonds is 5. The van der Waals surface area contributed by atoms with Crippen LogP contribution < -0.4 is 0 Å². The van der Waals surface area contributed by atoms with Gasteiger partial charge in [-0.05, 0) is 31.4 Å². The highest BCUT2D eigenvalue weighted by Crippen LogP contribution is 2.30. The Bertz CT molecular complexity index is 363. The van der Waals surface area contributed by atoms with Gasteiger partial charge in [0, 0.05) is 12.0 Å². The van der Waals surface area contributed by atoms with Crippen LogP contribution in [0.25, 0.3) is 0 Å². The van der Waals surface area contributed by atoms with E-state index < -0.39 is 0 Å². The van der Waals surface area contributed by atoms with Crippen molar-refractivity contribution in [2.75, 3.05) is 7.11 Å². The second-order valence-electron chi connectivity index (χ2n) is 3.99. The van der Waals surface area contributed by atoms with E-state index in [1.165, 1.54) is 12.7 Å². The number of esters is 1. The van der Waals surface area contributed by atoms with Gasteiger partial charge in [0.05, 0.1) is 7.11 Å². The van der Waals surface area contributed by atoms with Crippen LogP contribution in [0.4, 0.5) is 0 Å². The maximum absolute atomic E-state index is 10.9. The first-order valence-electron chi connectivity index (χ1n) is 5.63. The van der Waals surface area contributed by atoms with E-state index >= 15 is 0 Å². The summed E-state index contributed by atoms with van der Waals surface area (Å²) < 4.78 is 10.3. The first-order valence-corrected chi connectivity index (χ1v) is 5.63. The molecule has 86 valence electrons. The molecule has 0 spiro atoms. The zero-order valence-electron chi connectivity index (χ0n) is 9.44. The van der Waals surface area contributed by atoms with Crippen molar-refractivity contribution >= 4 is 5.97 Å². The number of fused-ring (bicyclic) bond motifs is 1. The van der Waals surface area contributed by atoms with Crippen molar-refractivity contribution in [2.45, 2.75) is 31.8 Å². The zero-order valence-corrected chi connectivity index (χ0v) is 9.44. The Morgan fingerprint density at radius 3 is 3.12 bits per heavy atom. The third kappa shape index (κ3) is 2.54. The quantitative estimate of drug-likeness (QED) is 0.527. The van der Waals surface area contributed by atoms with E-state index in [9.17, 15) is 4.79 Å². The number of unbranched alkanes of at least 4 members (excludes halogenated alkanes) is 1. The fourth-order valence-electron chi connectivity index (χ4n) is 1.92. The van der Waals surface area contributed by atoms with Crippen LogP contribution in [-0.4, -0.2) is 19.2 Å². The predicted octanol–water partition coefficient (Wildman–Crippen LogP) is 2.50. The molecular weight excluding hydrogens is 204 g/mol. The van der Waals surface area contributed by atoms with Crippen molar-refractivity contribution in [2.24, 2.45) is 0 Å². The van der Waals surface area contributed by atoms with Gasteiger partial charge in [-0.3, -0.25) is 4.79 Å². The number of carbonyl (C=O) groups excluding carboxylic acids is 1. The van der Waals surface area contributed by atoms with Gasteiger partial charge in [-0.1, -0.05) is 12.2 Å². The number of hydrogen-bond donors (Lipinski definition) is 0. The highest BCUT2D eigenvalue weighted by Gasteiger charge is 2.21. The van der Waals surface area contributed by atoms with Gasteiger partial charge in [0.25, 0.3) is 0 Å². The summed E-state index contributed by atoms with van der Waals surface area (Å²) in [6.45, 7) is 0. The van der Waals surface area contributed by atoms with Crippen LogP contribution in [0.15, 0.2) is 35.6 Å². The van der Waals surface area contributed by atoms with E-state index in [0.29, 0.717) is 6.42 Å². The lowest BCUT2D eigenvalue weighted by Gasteiger charge is -2.09. The van der Waals surface area contributed by atoms with E-state index in [2.05, 4.69) is 16.9 Å². The van der Waals surface area contributed by atoms with Crippen molar-refractivity contribution in [1.82, 2.24) is 0 Å². The van der Waals surface area contributed by atoms with Crippen LogP contribution in [-0.2, 0) is 14.3 Å². The number of hydrogen-bond acceptors (Lipinski definition) is 3. The summed E-state index contributed by atoms with van der Waals surface area (Å²) in [5.74, 6) is 0.853. The van der Waals surface area contributed by atoms with Crippen molar-refractivity contribution in [3.05, 3.63) is 35.6 Å². The Hall–Kier alpha value is -1.51. The maximum Gasteiger partial charge on any atom is 0.305 e. The third-order valence-corrected chi connectivity index (χ3v) is 2.80. The summed E-state index contributed by atoms with van der Waals surface area (Å²) in [5, 5.41) is 0. The lowest BCUT2D eigenvalue weighted by atomic mass is 10.1. The third-order valence-electron chi connectivity index (χ3n) is 2.80. The molecule has 2 aliphatic rings. The summed E-state index contributed by atoms with van der Waals surface area (Å²) >= 11 is 0. The second kappa shape index (κ2) is 5.01. The van der Waals surface area contributed by atoms with Crippen LogP contribution in [0, 0.1) is 0 Å². The minimum Gasteiger partial charge on any atom is -0.486 e. The molecule has 0 fully saturated rings. The number of methoxy groups -OCH3 is 1. The molecule has 0 amide bonds. The second-order valence-corrected chi connectivity index (χ2v) is 3.99. The van der Waals surface area contributed by atoms with Crippen LogP contribution in [0.1, 0.15) is 25.7 Å². The average molecular weight is 220 g/mol. The topological polar surface area (TPSA) is 35.5 Å². The molecule has 1 aliphatic heterocycles. The summed E-state index contributed by atoms with van der Waals surface area (Å²) in [5.41, 5.74) is 1.19. The molecule has 0 N–H and O–H groups in total. The van der Waals surface area contributed by atoms with Gasteiger partial charge in [0.15, 0.2) is 0 Å². The maximum atomic E-state index is 10.9. The molecule has 1 aliphatic carbocycles. The normalized spacial score (nSPS) is 21.2. The Labute approximate surface area is 95.4 Å². The van der Waals surface area contributed by atoms with Gasteiger partial charge in [0.2, 0.25) is 0 Å². The van der Waals surface area contributed by atoms with Crippen LogP contribution in [0.5, 0.6) is 0 Å². The molecular formula is C13H16O3. The average Bonchev–Trinajstić information content (AvgIpc) is 2.84. The molecule has 0 aromatic heterocycles. The van der Waals surface area contributed by atoms with E-state index in [-0.39, 0.29) is 12.1 Å². The molecule has 1 heterocycles. The van der Waals surface area contributed by atoms with E-state index in [1.807, 2.05) is 12.2 Å². The minimum absolute atomic E-state index is 0.131.